The summed E-state index contributed by atoms with van der Waals surface area (Å²) in [7, 11) is 0. The third-order valence-corrected chi connectivity index (χ3v) is 9.92. The van der Waals surface area contributed by atoms with Crippen LogP contribution in [-0.4, -0.2) is 28.0 Å². The van der Waals surface area contributed by atoms with Gasteiger partial charge in [0.1, 0.15) is 5.70 Å². The van der Waals surface area contributed by atoms with Gasteiger partial charge in [-0.15, -0.1) is 23.1 Å². The molecule has 7 nitrogen and oxygen atoms in total. The number of nitrogens with one attached hydrogen (secondary N) is 3. The number of amides is 3. The molecule has 0 aliphatic heterocycles. The van der Waals surface area contributed by atoms with Gasteiger partial charge in [-0.25, -0.2) is 4.98 Å². The number of hydrogen-bond donors (Lipinski definition) is 3. The third kappa shape index (κ3) is 9.23. The highest BCUT2D eigenvalue weighted by atomic mass is 79.9. The SMILES string of the molecule is CC(Sc1ccc(NC(=O)/C(=C/c2ccc(-c3ccccc3)cc2)NC(=O)c2ccccc2)cc1)C(=O)Nc1nc(-c2ccc(Br)cc2)cs1. The molecule has 248 valence electrons. The van der Waals surface area contributed by atoms with Crippen molar-refractivity contribution in [3.63, 3.8) is 0 Å². The van der Waals surface area contributed by atoms with Crippen molar-refractivity contribution < 1.29 is 14.4 Å². The van der Waals surface area contributed by atoms with Crippen LogP contribution in [0.25, 0.3) is 28.5 Å². The Balaban J connectivity index is 1.10. The second-order valence-electron chi connectivity index (χ2n) is 11.1. The second kappa shape index (κ2) is 16.4. The molecule has 0 saturated carbocycles. The van der Waals surface area contributed by atoms with Gasteiger partial charge >= 0.3 is 0 Å². The summed E-state index contributed by atoms with van der Waals surface area (Å²) in [6.07, 6.45) is 1.65. The average molecular weight is 760 g/mol. The van der Waals surface area contributed by atoms with E-state index in [4.69, 9.17) is 0 Å². The molecule has 3 amide bonds. The first-order chi connectivity index (χ1) is 24.3. The zero-order chi connectivity index (χ0) is 34.9. The quantitative estimate of drug-likeness (QED) is 0.0903. The van der Waals surface area contributed by atoms with Crippen LogP contribution in [0.4, 0.5) is 10.8 Å². The summed E-state index contributed by atoms with van der Waals surface area (Å²) < 4.78 is 0.987. The Kier molecular flexibility index (Phi) is 11.3. The Morgan fingerprint density at radius 3 is 2.04 bits per heavy atom. The van der Waals surface area contributed by atoms with E-state index in [-0.39, 0.29) is 11.6 Å². The summed E-state index contributed by atoms with van der Waals surface area (Å²) in [6, 6.07) is 41.6. The standard InChI is InChI=1S/C40H31BrN4O3S2/c1-26(37(46)45-40-44-36(25-49-40)30-16-18-32(41)19-17-30)50-34-22-20-33(21-23-34)42-39(48)35(43-38(47)31-10-6-3-7-11-31)24-27-12-14-29(15-13-27)28-8-4-2-5-9-28/h2-26H,1H3,(H,42,48)(H,43,47)(H,44,45,46)/b35-24-. The molecule has 1 unspecified atom stereocenters. The number of thiazole rings is 1. The molecular formula is C40H31BrN4O3S2. The van der Waals surface area contributed by atoms with Gasteiger partial charge in [0.2, 0.25) is 5.91 Å². The lowest BCUT2D eigenvalue weighted by Gasteiger charge is -2.13. The lowest BCUT2D eigenvalue weighted by Crippen LogP contribution is -2.30. The minimum atomic E-state index is -0.472. The maximum Gasteiger partial charge on any atom is 0.272 e. The predicted octanol–water partition coefficient (Wildman–Crippen LogP) is 9.77. The zero-order valence-corrected chi connectivity index (χ0v) is 30.0. The molecule has 0 aliphatic carbocycles. The first-order valence-corrected chi connectivity index (χ1v) is 18.2. The number of nitrogens with zero attached hydrogens (tertiary/aromatic N) is 1. The van der Waals surface area contributed by atoms with Gasteiger partial charge in [-0.05, 0) is 78.2 Å². The summed E-state index contributed by atoms with van der Waals surface area (Å²) in [5, 5.41) is 10.6. The van der Waals surface area contributed by atoms with Gasteiger partial charge in [-0.3, -0.25) is 14.4 Å². The summed E-state index contributed by atoms with van der Waals surface area (Å²) in [4.78, 5) is 45.0. The molecule has 0 fully saturated rings. The van der Waals surface area contributed by atoms with Crippen LogP contribution < -0.4 is 16.0 Å². The highest BCUT2D eigenvalue weighted by Gasteiger charge is 2.18. The van der Waals surface area contributed by atoms with Crippen molar-refractivity contribution in [2.75, 3.05) is 10.6 Å². The minimum absolute atomic E-state index is 0.0977. The molecule has 0 aliphatic rings. The zero-order valence-electron chi connectivity index (χ0n) is 26.8. The van der Waals surface area contributed by atoms with E-state index in [9.17, 15) is 14.4 Å². The van der Waals surface area contributed by atoms with Crippen LogP contribution in [0.1, 0.15) is 22.8 Å². The molecule has 0 bridgehead atoms. The number of benzene rings is 5. The van der Waals surface area contributed by atoms with E-state index in [2.05, 4.69) is 36.9 Å². The summed E-state index contributed by atoms with van der Waals surface area (Å²) in [5.41, 5.74) is 5.73. The van der Waals surface area contributed by atoms with Crippen molar-refractivity contribution in [2.45, 2.75) is 17.1 Å². The lowest BCUT2D eigenvalue weighted by molar-refractivity contribution is -0.115. The number of carbonyl (C=O) groups is 3. The fourth-order valence-electron chi connectivity index (χ4n) is 4.88. The molecule has 5 aromatic carbocycles. The van der Waals surface area contributed by atoms with Crippen LogP contribution in [0.5, 0.6) is 0 Å². The van der Waals surface area contributed by atoms with E-state index >= 15 is 0 Å². The van der Waals surface area contributed by atoms with Crippen molar-refractivity contribution in [3.05, 3.63) is 160 Å². The van der Waals surface area contributed by atoms with Crippen LogP contribution in [-0.2, 0) is 9.59 Å². The number of hydrogen-bond acceptors (Lipinski definition) is 6. The Bertz CT molecular complexity index is 2120. The minimum Gasteiger partial charge on any atom is -0.321 e. The Morgan fingerprint density at radius 2 is 1.36 bits per heavy atom. The van der Waals surface area contributed by atoms with E-state index in [1.165, 1.54) is 23.1 Å². The van der Waals surface area contributed by atoms with Crippen molar-refractivity contribution in [2.24, 2.45) is 0 Å². The molecule has 1 aromatic heterocycles. The molecule has 1 atom stereocenters. The van der Waals surface area contributed by atoms with Crippen molar-refractivity contribution >= 4 is 73.6 Å². The molecule has 0 radical (unpaired) electrons. The Hall–Kier alpha value is -5.29. The Labute approximate surface area is 307 Å². The smallest absolute Gasteiger partial charge is 0.272 e. The monoisotopic (exact) mass is 758 g/mol. The van der Waals surface area contributed by atoms with Gasteiger partial charge in [-0.2, -0.15) is 0 Å². The first-order valence-electron chi connectivity index (χ1n) is 15.6. The first kappa shape index (κ1) is 34.6. The largest absolute Gasteiger partial charge is 0.321 e. The number of carbonyl (C=O) groups excluding carboxylic acids is 3. The van der Waals surface area contributed by atoms with E-state index in [0.717, 1.165) is 37.3 Å². The lowest BCUT2D eigenvalue weighted by atomic mass is 10.0. The van der Waals surface area contributed by atoms with Crippen molar-refractivity contribution in [3.8, 4) is 22.4 Å². The number of halogens is 1. The Morgan fingerprint density at radius 1 is 0.740 bits per heavy atom. The topological polar surface area (TPSA) is 100 Å². The molecule has 6 rings (SSSR count). The molecule has 1 heterocycles. The van der Waals surface area contributed by atoms with E-state index in [1.54, 1.807) is 42.5 Å². The molecule has 10 heteroatoms. The van der Waals surface area contributed by atoms with Crippen molar-refractivity contribution in [1.82, 2.24) is 10.3 Å². The third-order valence-electron chi connectivity index (χ3n) is 7.53. The maximum atomic E-state index is 13.5. The molecule has 6 aromatic rings. The number of aromatic nitrogens is 1. The second-order valence-corrected chi connectivity index (χ2v) is 14.3. The highest BCUT2D eigenvalue weighted by Crippen LogP contribution is 2.29. The average Bonchev–Trinajstić information content (AvgIpc) is 3.61. The molecule has 0 saturated heterocycles. The van der Waals surface area contributed by atoms with Crippen LogP contribution in [0, 0.1) is 0 Å². The number of anilines is 2. The fraction of sp³-hybridized carbons (Fsp3) is 0.0500. The van der Waals surface area contributed by atoms with Crippen LogP contribution in [0.2, 0.25) is 0 Å². The number of thioether (sulfide) groups is 1. The summed E-state index contributed by atoms with van der Waals surface area (Å²) >= 11 is 6.21. The molecular weight excluding hydrogens is 729 g/mol. The van der Waals surface area contributed by atoms with E-state index in [0.29, 0.717) is 16.4 Å². The van der Waals surface area contributed by atoms with Gasteiger partial charge < -0.3 is 16.0 Å². The van der Waals surface area contributed by atoms with Crippen LogP contribution >= 0.6 is 39.0 Å². The summed E-state index contributed by atoms with van der Waals surface area (Å²) in [6.45, 7) is 1.83. The van der Waals surface area contributed by atoms with Gasteiger partial charge in [0.15, 0.2) is 5.13 Å². The fourth-order valence-corrected chi connectivity index (χ4v) is 6.73. The highest BCUT2D eigenvalue weighted by molar-refractivity contribution is 9.10. The van der Waals surface area contributed by atoms with Gasteiger partial charge in [-0.1, -0.05) is 101 Å². The van der Waals surface area contributed by atoms with Crippen LogP contribution in [0.15, 0.2) is 154 Å². The number of rotatable bonds is 11. The van der Waals surface area contributed by atoms with Crippen molar-refractivity contribution in [1.29, 1.82) is 0 Å². The van der Waals surface area contributed by atoms with E-state index in [1.807, 2.05) is 109 Å². The van der Waals surface area contributed by atoms with Gasteiger partial charge in [0.25, 0.3) is 11.8 Å². The van der Waals surface area contributed by atoms with Gasteiger partial charge in [0, 0.05) is 31.6 Å². The predicted molar refractivity (Wildman–Crippen MR) is 208 cm³/mol. The van der Waals surface area contributed by atoms with E-state index < -0.39 is 17.1 Å². The summed E-state index contributed by atoms with van der Waals surface area (Å²) in [5.74, 6) is -1.03. The molecule has 50 heavy (non-hydrogen) atoms. The van der Waals surface area contributed by atoms with Crippen LogP contribution in [0.3, 0.4) is 0 Å². The molecule has 3 N–H and O–H groups in total. The maximum absolute atomic E-state index is 13.5. The van der Waals surface area contributed by atoms with Gasteiger partial charge in [0.05, 0.1) is 10.9 Å². The molecule has 0 spiro atoms. The normalized spacial score (nSPS) is 11.8.